The highest BCUT2D eigenvalue weighted by atomic mass is 16.5. The Hall–Kier alpha value is -3.65. The molecule has 1 unspecified atom stereocenters. The van der Waals surface area contributed by atoms with Crippen molar-refractivity contribution in [1.29, 1.82) is 0 Å². The number of hydrogen-bond donors (Lipinski definition) is 1. The number of carbonyl (C=O) groups excluding carboxylic acids is 3. The van der Waals surface area contributed by atoms with Gasteiger partial charge in [0.15, 0.2) is 0 Å². The minimum atomic E-state index is -0.484. The molecule has 8 heteroatoms. The van der Waals surface area contributed by atoms with E-state index < -0.39 is 6.04 Å². The molecule has 3 heterocycles. The van der Waals surface area contributed by atoms with Gasteiger partial charge in [-0.25, -0.2) is 0 Å². The van der Waals surface area contributed by atoms with E-state index in [2.05, 4.69) is 41.1 Å². The zero-order chi connectivity index (χ0) is 26.2. The number of piperazine rings is 1. The van der Waals surface area contributed by atoms with Crippen molar-refractivity contribution in [2.75, 3.05) is 26.2 Å². The second-order valence-corrected chi connectivity index (χ2v) is 10.8. The van der Waals surface area contributed by atoms with Gasteiger partial charge in [-0.3, -0.25) is 19.3 Å². The third-order valence-corrected chi connectivity index (χ3v) is 8.09. The topological polar surface area (TPSA) is 82.2 Å². The molecule has 198 valence electrons. The van der Waals surface area contributed by atoms with E-state index in [1.165, 1.54) is 5.56 Å². The lowest BCUT2D eigenvalue weighted by Gasteiger charge is -2.35. The molecule has 1 aliphatic carbocycles. The molecule has 3 fully saturated rings. The molecule has 38 heavy (non-hydrogen) atoms. The molecule has 8 nitrogen and oxygen atoms in total. The van der Waals surface area contributed by atoms with Gasteiger partial charge in [-0.05, 0) is 48.9 Å². The van der Waals surface area contributed by atoms with Gasteiger partial charge in [0, 0.05) is 55.5 Å². The maximum atomic E-state index is 13.1. The van der Waals surface area contributed by atoms with Crippen molar-refractivity contribution in [3.05, 3.63) is 77.0 Å². The number of allylic oxidation sites excluding steroid dienone is 1. The number of ether oxygens (including phenoxy) is 1. The molecule has 2 aromatic carbocycles. The summed E-state index contributed by atoms with van der Waals surface area (Å²) in [6.45, 7) is 8.94. The van der Waals surface area contributed by atoms with Crippen molar-refractivity contribution in [1.82, 2.24) is 20.0 Å². The summed E-state index contributed by atoms with van der Waals surface area (Å²) in [6.07, 6.45) is 3.39. The van der Waals surface area contributed by atoms with Crippen LogP contribution in [-0.4, -0.2) is 64.6 Å². The molecule has 1 N–H and O–H groups in total. The van der Waals surface area contributed by atoms with Gasteiger partial charge in [-0.2, -0.15) is 0 Å². The van der Waals surface area contributed by atoms with Crippen molar-refractivity contribution in [3.63, 3.8) is 0 Å². The molecular formula is C30H34N4O4. The molecule has 0 aromatic heterocycles. The second-order valence-electron chi connectivity index (χ2n) is 10.8. The van der Waals surface area contributed by atoms with Crippen molar-refractivity contribution >= 4 is 17.7 Å². The maximum Gasteiger partial charge on any atom is 0.255 e. The van der Waals surface area contributed by atoms with Crippen LogP contribution in [-0.2, 0) is 29.3 Å². The Bertz CT molecular complexity index is 1260. The standard InChI is InChI=1S/C30H34N4O4/c1-20-5-12-26(28(35)31-20)34-18-25-24(30(34)37)3-2-4-27(25)38-19-22-8-6-21(7-9-22)17-32-13-15-33(16-14-32)29(36)23-10-11-23/h2-4,6-9,23,26H,1,5,10-19H2,(H,31,35). The highest BCUT2D eigenvalue weighted by Gasteiger charge is 2.39. The number of fused-ring (bicyclic) bond motifs is 1. The van der Waals surface area contributed by atoms with E-state index in [4.69, 9.17) is 4.74 Å². The highest BCUT2D eigenvalue weighted by Crippen LogP contribution is 2.34. The maximum absolute atomic E-state index is 13.1. The summed E-state index contributed by atoms with van der Waals surface area (Å²) in [5, 5.41) is 2.78. The van der Waals surface area contributed by atoms with Crippen LogP contribution in [0.5, 0.6) is 5.75 Å². The van der Waals surface area contributed by atoms with Crippen LogP contribution in [0.3, 0.4) is 0 Å². The lowest BCUT2D eigenvalue weighted by atomic mass is 10.0. The Labute approximate surface area is 223 Å². The number of piperidine rings is 1. The third-order valence-electron chi connectivity index (χ3n) is 8.09. The first-order chi connectivity index (χ1) is 18.5. The molecule has 0 bridgehead atoms. The van der Waals surface area contributed by atoms with E-state index in [1.807, 2.05) is 17.0 Å². The van der Waals surface area contributed by atoms with Gasteiger partial charge >= 0.3 is 0 Å². The molecule has 2 aromatic rings. The van der Waals surface area contributed by atoms with Gasteiger partial charge in [0.05, 0.1) is 6.54 Å². The van der Waals surface area contributed by atoms with E-state index in [9.17, 15) is 14.4 Å². The molecule has 4 aliphatic rings. The zero-order valence-electron chi connectivity index (χ0n) is 21.7. The fourth-order valence-electron chi connectivity index (χ4n) is 5.65. The molecule has 3 aliphatic heterocycles. The lowest BCUT2D eigenvalue weighted by Crippen LogP contribution is -2.49. The van der Waals surface area contributed by atoms with E-state index in [-0.39, 0.29) is 11.8 Å². The number of hydrogen-bond acceptors (Lipinski definition) is 5. The highest BCUT2D eigenvalue weighted by molar-refractivity contribution is 6.02. The van der Waals surface area contributed by atoms with Crippen LogP contribution in [0.15, 0.2) is 54.7 Å². The number of amides is 3. The van der Waals surface area contributed by atoms with E-state index in [0.29, 0.717) is 54.8 Å². The predicted octanol–water partition coefficient (Wildman–Crippen LogP) is 3.07. The van der Waals surface area contributed by atoms with Crippen LogP contribution in [0.2, 0.25) is 0 Å². The minimum Gasteiger partial charge on any atom is -0.489 e. The van der Waals surface area contributed by atoms with Gasteiger partial charge in [0.1, 0.15) is 18.4 Å². The Balaban J connectivity index is 1.03. The summed E-state index contributed by atoms with van der Waals surface area (Å²) in [4.78, 5) is 43.9. The molecule has 0 spiro atoms. The summed E-state index contributed by atoms with van der Waals surface area (Å²) in [7, 11) is 0. The summed E-state index contributed by atoms with van der Waals surface area (Å²) in [6, 6.07) is 13.5. The van der Waals surface area contributed by atoms with Crippen LogP contribution in [0.1, 0.15) is 52.7 Å². The quantitative estimate of drug-likeness (QED) is 0.614. The predicted molar refractivity (Wildman–Crippen MR) is 142 cm³/mol. The summed E-state index contributed by atoms with van der Waals surface area (Å²) in [5.74, 6) is 1.04. The molecule has 6 rings (SSSR count). The van der Waals surface area contributed by atoms with E-state index in [1.54, 1.807) is 11.0 Å². The van der Waals surface area contributed by atoms with Crippen LogP contribution in [0.25, 0.3) is 0 Å². The molecule has 3 amide bonds. The number of nitrogens with zero attached hydrogens (tertiary/aromatic N) is 3. The van der Waals surface area contributed by atoms with Crippen molar-refractivity contribution in [2.24, 2.45) is 5.92 Å². The Morgan fingerprint density at radius 1 is 0.974 bits per heavy atom. The average molecular weight is 515 g/mol. The minimum absolute atomic E-state index is 0.125. The van der Waals surface area contributed by atoms with Crippen LogP contribution in [0.4, 0.5) is 0 Å². The average Bonchev–Trinajstić information content (AvgIpc) is 3.72. The monoisotopic (exact) mass is 514 g/mol. The number of rotatable bonds is 7. The first-order valence-corrected chi connectivity index (χ1v) is 13.6. The van der Waals surface area contributed by atoms with Gasteiger partial charge < -0.3 is 19.9 Å². The molecular weight excluding hydrogens is 480 g/mol. The third kappa shape index (κ3) is 5.05. The summed E-state index contributed by atoms with van der Waals surface area (Å²) < 4.78 is 6.17. The van der Waals surface area contributed by atoms with Crippen LogP contribution >= 0.6 is 0 Å². The first-order valence-electron chi connectivity index (χ1n) is 13.6. The smallest absolute Gasteiger partial charge is 0.255 e. The Morgan fingerprint density at radius 2 is 1.71 bits per heavy atom. The molecule has 1 atom stereocenters. The molecule has 1 saturated carbocycles. The fraction of sp³-hybridized carbons (Fsp3) is 0.433. The van der Waals surface area contributed by atoms with Gasteiger partial charge in [0.25, 0.3) is 5.91 Å². The Morgan fingerprint density at radius 3 is 2.42 bits per heavy atom. The fourth-order valence-corrected chi connectivity index (χ4v) is 5.65. The summed E-state index contributed by atoms with van der Waals surface area (Å²) >= 11 is 0. The molecule has 2 saturated heterocycles. The molecule has 0 radical (unpaired) electrons. The van der Waals surface area contributed by atoms with E-state index >= 15 is 0 Å². The van der Waals surface area contributed by atoms with E-state index in [0.717, 1.165) is 56.7 Å². The van der Waals surface area contributed by atoms with Crippen LogP contribution in [0, 0.1) is 5.92 Å². The first kappa shape index (κ1) is 24.7. The number of carbonyl (C=O) groups is 3. The second kappa shape index (κ2) is 10.3. The van der Waals surface area contributed by atoms with Crippen molar-refractivity contribution in [3.8, 4) is 5.75 Å². The summed E-state index contributed by atoms with van der Waals surface area (Å²) in [5.41, 5.74) is 4.44. The zero-order valence-corrected chi connectivity index (χ0v) is 21.7. The SMILES string of the molecule is C=C1CCC(N2Cc3c(OCc4ccc(CN5CCN(C(=O)C6CC6)CC5)cc4)cccc3C2=O)C(=O)N1. The van der Waals surface area contributed by atoms with Gasteiger partial charge in [-0.1, -0.05) is 36.9 Å². The van der Waals surface area contributed by atoms with Crippen molar-refractivity contribution < 1.29 is 19.1 Å². The van der Waals surface area contributed by atoms with Crippen molar-refractivity contribution in [2.45, 2.75) is 51.4 Å². The normalized spacial score (nSPS) is 21.9. The van der Waals surface area contributed by atoms with Crippen LogP contribution < -0.4 is 10.1 Å². The van der Waals surface area contributed by atoms with Gasteiger partial charge in [0.2, 0.25) is 11.8 Å². The Kier molecular flexibility index (Phi) is 6.66. The number of nitrogens with one attached hydrogen (secondary N) is 1. The number of benzene rings is 2. The lowest BCUT2D eigenvalue weighted by molar-refractivity contribution is -0.134. The largest absolute Gasteiger partial charge is 0.489 e. The van der Waals surface area contributed by atoms with Gasteiger partial charge in [-0.15, -0.1) is 0 Å².